The van der Waals surface area contributed by atoms with Crippen molar-refractivity contribution in [2.45, 2.75) is 33.1 Å². The topological polar surface area (TPSA) is 20.2 Å². The quantitative estimate of drug-likeness (QED) is 0.661. The first kappa shape index (κ1) is 16.9. The maximum atomic E-state index is 7.00. The molecule has 0 rings (SSSR count). The van der Waals surface area contributed by atoms with Crippen LogP contribution in [0.1, 0.15) is 33.1 Å². The van der Waals surface area contributed by atoms with Crippen molar-refractivity contribution < 1.29 is 5.11 Å². The van der Waals surface area contributed by atoms with Gasteiger partial charge < -0.3 is 5.11 Å². The lowest BCUT2D eigenvalue weighted by atomic mass is 10.3. The molecule has 0 aliphatic carbocycles. The molecule has 0 saturated heterocycles. The van der Waals surface area contributed by atoms with E-state index in [0.717, 1.165) is 7.11 Å². The number of aliphatic hydroxyl groups excluding tert-OH is 1. The second kappa shape index (κ2) is 33.8. The summed E-state index contributed by atoms with van der Waals surface area (Å²) in [4.78, 5) is 0. The highest BCUT2D eigenvalue weighted by molar-refractivity contribution is 6.40. The van der Waals surface area contributed by atoms with Gasteiger partial charge in [-0.3, -0.25) is 0 Å². The lowest BCUT2D eigenvalue weighted by molar-refractivity contribution is 0.399. The molecule has 0 bridgehead atoms. The van der Waals surface area contributed by atoms with E-state index in [-0.39, 0.29) is 5.34 Å². The minimum Gasteiger partial charge on any atom is -0.400 e. The van der Waals surface area contributed by atoms with E-state index in [9.17, 15) is 0 Å². The summed E-state index contributed by atoms with van der Waals surface area (Å²) >= 11 is 9.53. The molecule has 10 heavy (non-hydrogen) atoms. The van der Waals surface area contributed by atoms with E-state index in [2.05, 4.69) is 13.8 Å². The zero-order valence-corrected chi connectivity index (χ0v) is 8.54. The molecule has 0 heterocycles. The van der Waals surface area contributed by atoms with Crippen LogP contribution in [-0.4, -0.2) is 17.6 Å². The fourth-order valence-electron chi connectivity index (χ4n) is 0.354. The van der Waals surface area contributed by atoms with Crippen LogP contribution in [0.15, 0.2) is 0 Å². The molecular formula is C7H18Cl2O. The van der Waals surface area contributed by atoms with Crippen molar-refractivity contribution in [3.63, 3.8) is 0 Å². The van der Waals surface area contributed by atoms with Crippen molar-refractivity contribution >= 4 is 23.2 Å². The normalized spacial score (nSPS) is 6.60. The van der Waals surface area contributed by atoms with Crippen molar-refractivity contribution in [3.8, 4) is 0 Å². The molecule has 3 heteroatoms. The summed E-state index contributed by atoms with van der Waals surface area (Å²) in [6, 6.07) is 0. The summed E-state index contributed by atoms with van der Waals surface area (Å²) in [5.41, 5.74) is 0. The Hall–Kier alpha value is 0.540. The van der Waals surface area contributed by atoms with Gasteiger partial charge in [0.1, 0.15) is 0 Å². The van der Waals surface area contributed by atoms with Crippen LogP contribution in [0.4, 0.5) is 0 Å². The summed E-state index contributed by atoms with van der Waals surface area (Å²) in [6.07, 6.45) is 4.08. The Labute approximate surface area is 74.3 Å². The molecular weight excluding hydrogens is 171 g/mol. The van der Waals surface area contributed by atoms with Gasteiger partial charge in [-0.05, 0) is 0 Å². The van der Waals surface area contributed by atoms with Crippen molar-refractivity contribution in [2.75, 3.05) is 12.4 Å². The maximum Gasteiger partial charge on any atom is 0.0967 e. The van der Waals surface area contributed by atoms with Gasteiger partial charge >= 0.3 is 0 Å². The first-order valence-corrected chi connectivity index (χ1v) is 4.46. The third-order valence-corrected chi connectivity index (χ3v) is 0.707. The Balaban J connectivity index is -0.0000000847. The van der Waals surface area contributed by atoms with E-state index in [1.54, 1.807) is 0 Å². The first-order valence-electron chi connectivity index (χ1n) is 3.40. The molecule has 1 N–H and O–H groups in total. The molecule has 0 aromatic rings. The molecule has 1 nitrogen and oxygen atoms in total. The minimum atomic E-state index is 0.194. The van der Waals surface area contributed by atoms with E-state index in [4.69, 9.17) is 28.3 Å². The molecule has 0 aliphatic rings. The highest BCUT2D eigenvalue weighted by Crippen LogP contribution is 1.88. The van der Waals surface area contributed by atoms with Crippen molar-refractivity contribution in [1.82, 2.24) is 0 Å². The zero-order valence-electron chi connectivity index (χ0n) is 7.03. The molecule has 0 saturated carbocycles. The lowest BCUT2D eigenvalue weighted by Crippen LogP contribution is -1.59. The van der Waals surface area contributed by atoms with E-state index in [0.29, 0.717) is 0 Å². The van der Waals surface area contributed by atoms with Crippen LogP contribution in [0.25, 0.3) is 0 Å². The maximum absolute atomic E-state index is 7.00. The van der Waals surface area contributed by atoms with Crippen LogP contribution in [0.5, 0.6) is 0 Å². The predicted molar refractivity (Wildman–Crippen MR) is 49.9 cm³/mol. The fraction of sp³-hybridized carbons (Fsp3) is 1.00. The molecule has 0 spiro atoms. The van der Waals surface area contributed by atoms with Gasteiger partial charge in [-0.25, -0.2) is 0 Å². The summed E-state index contributed by atoms with van der Waals surface area (Å²) in [5, 5.41) is 7.19. The average molecular weight is 189 g/mol. The third kappa shape index (κ3) is 75.3. The van der Waals surface area contributed by atoms with Gasteiger partial charge in [-0.1, -0.05) is 33.1 Å². The van der Waals surface area contributed by atoms with Gasteiger partial charge in [0.2, 0.25) is 0 Å². The largest absolute Gasteiger partial charge is 0.400 e. The van der Waals surface area contributed by atoms with Crippen LogP contribution in [0.3, 0.4) is 0 Å². The third-order valence-electron chi connectivity index (χ3n) is 0.707. The number of alkyl halides is 2. The second-order valence-electron chi connectivity index (χ2n) is 1.45. The fourth-order valence-corrected chi connectivity index (χ4v) is 0.354. The van der Waals surface area contributed by atoms with Gasteiger partial charge in [0.25, 0.3) is 0 Å². The van der Waals surface area contributed by atoms with Crippen LogP contribution in [0, 0.1) is 0 Å². The average Bonchev–Trinajstić information content (AvgIpc) is 1.96. The predicted octanol–water partition coefficient (Wildman–Crippen LogP) is 3.23. The van der Waals surface area contributed by atoms with Crippen molar-refractivity contribution in [1.29, 1.82) is 0 Å². The van der Waals surface area contributed by atoms with Gasteiger partial charge in [0.05, 0.1) is 5.34 Å². The number of rotatable bonds is 2. The number of unbranched alkanes of at least 4 members (excludes halogenated alkanes) is 2. The molecule has 0 atom stereocenters. The Kier molecular flexibility index (Phi) is 57.0. The van der Waals surface area contributed by atoms with Crippen LogP contribution >= 0.6 is 23.2 Å². The van der Waals surface area contributed by atoms with Crippen LogP contribution in [-0.2, 0) is 0 Å². The number of hydrogen-bond acceptors (Lipinski definition) is 1. The summed E-state index contributed by atoms with van der Waals surface area (Å²) < 4.78 is 0. The highest BCUT2D eigenvalue weighted by atomic mass is 35.5. The minimum absolute atomic E-state index is 0.194. The smallest absolute Gasteiger partial charge is 0.0967 e. The molecule has 0 unspecified atom stereocenters. The van der Waals surface area contributed by atoms with Crippen molar-refractivity contribution in [2.24, 2.45) is 0 Å². The molecule has 66 valence electrons. The Morgan fingerprint density at radius 2 is 1.20 bits per heavy atom. The van der Waals surface area contributed by atoms with E-state index in [1.165, 1.54) is 19.3 Å². The van der Waals surface area contributed by atoms with E-state index < -0.39 is 0 Å². The Morgan fingerprint density at radius 1 is 1.00 bits per heavy atom. The van der Waals surface area contributed by atoms with E-state index in [1.807, 2.05) is 0 Å². The SMILES string of the molecule is CCCCC.CO.ClCCl. The van der Waals surface area contributed by atoms with Gasteiger partial charge in [-0.2, -0.15) is 0 Å². The number of aliphatic hydroxyl groups is 1. The molecule has 0 aromatic carbocycles. The monoisotopic (exact) mass is 188 g/mol. The molecule has 0 radical (unpaired) electrons. The zero-order chi connectivity index (χ0) is 8.83. The molecule has 0 aromatic heterocycles. The summed E-state index contributed by atoms with van der Waals surface area (Å²) in [6.45, 7) is 4.42. The standard InChI is InChI=1S/C5H12.CH2Cl2.CH4O/c1-3-5-4-2;2-1-3;1-2/h3-5H2,1-2H3;1H2;2H,1H3. The van der Waals surface area contributed by atoms with Gasteiger partial charge in [-0.15, -0.1) is 23.2 Å². The number of halogens is 2. The Morgan fingerprint density at radius 3 is 1.20 bits per heavy atom. The van der Waals surface area contributed by atoms with Crippen LogP contribution in [0.2, 0.25) is 0 Å². The molecule has 0 amide bonds. The Bertz CT molecular complexity index is 25.6. The number of hydrogen-bond donors (Lipinski definition) is 1. The lowest BCUT2D eigenvalue weighted by Gasteiger charge is -1.79. The summed E-state index contributed by atoms with van der Waals surface area (Å²) in [7, 11) is 1.00. The van der Waals surface area contributed by atoms with Gasteiger partial charge in [0, 0.05) is 7.11 Å². The first-order chi connectivity index (χ1) is 4.83. The van der Waals surface area contributed by atoms with Crippen molar-refractivity contribution in [3.05, 3.63) is 0 Å². The summed E-state index contributed by atoms with van der Waals surface area (Å²) in [5.74, 6) is 0. The molecule has 0 aliphatic heterocycles. The molecule has 0 fully saturated rings. The van der Waals surface area contributed by atoms with E-state index >= 15 is 0 Å². The van der Waals surface area contributed by atoms with Gasteiger partial charge in [0.15, 0.2) is 0 Å². The second-order valence-corrected chi connectivity index (χ2v) is 2.26. The van der Waals surface area contributed by atoms with Crippen LogP contribution < -0.4 is 0 Å². The highest BCUT2D eigenvalue weighted by Gasteiger charge is 1.68.